The molecule has 0 aliphatic heterocycles. The van der Waals surface area contributed by atoms with Gasteiger partial charge in [-0.25, -0.2) is 14.0 Å². The molecule has 0 aromatic heterocycles. The Balaban J connectivity index is 2.55. The number of hydrogen-bond acceptors (Lipinski definition) is 5. The Kier molecular flexibility index (Phi) is 9.07. The van der Waals surface area contributed by atoms with E-state index in [1.807, 2.05) is 19.2 Å². The summed E-state index contributed by atoms with van der Waals surface area (Å²) >= 11 is 0. The normalized spacial score (nSPS) is 11.7. The highest BCUT2D eigenvalue weighted by atomic mass is 19.1. The number of halogens is 1. The van der Waals surface area contributed by atoms with Gasteiger partial charge in [-0.2, -0.15) is 0 Å². The third kappa shape index (κ3) is 8.15. The van der Waals surface area contributed by atoms with Gasteiger partial charge in [0.15, 0.2) is 6.61 Å². The molecule has 0 radical (unpaired) electrons. The Morgan fingerprint density at radius 2 is 1.64 bits per heavy atom. The van der Waals surface area contributed by atoms with Crippen LogP contribution in [0.3, 0.4) is 0 Å². The second-order valence-electron chi connectivity index (χ2n) is 6.96. The standard InChI is InChI=1S/C19H26FN3O5/c1-11(2)9-21-19(27)22-15(24)10-28-18(26)16(12(3)4)23-17(25)13-5-7-14(20)8-6-13/h5-8,11-12,16H,9-10H2,1-4H3,(H,23,25)(H2,21,22,24,27)/t16-/m0/s1. The molecule has 0 fully saturated rings. The lowest BCUT2D eigenvalue weighted by molar-refractivity contribution is -0.151. The van der Waals surface area contributed by atoms with Crippen molar-refractivity contribution in [3.05, 3.63) is 35.6 Å². The van der Waals surface area contributed by atoms with Crippen molar-refractivity contribution in [3.8, 4) is 0 Å². The third-order valence-electron chi connectivity index (χ3n) is 3.58. The summed E-state index contributed by atoms with van der Waals surface area (Å²) in [6, 6.07) is 3.14. The van der Waals surface area contributed by atoms with Gasteiger partial charge in [-0.1, -0.05) is 27.7 Å². The molecule has 1 rings (SSSR count). The smallest absolute Gasteiger partial charge is 0.329 e. The Morgan fingerprint density at radius 1 is 1.04 bits per heavy atom. The average Bonchev–Trinajstić information content (AvgIpc) is 2.62. The lowest BCUT2D eigenvalue weighted by Gasteiger charge is -2.20. The first-order valence-corrected chi connectivity index (χ1v) is 8.91. The van der Waals surface area contributed by atoms with E-state index in [9.17, 15) is 23.6 Å². The largest absolute Gasteiger partial charge is 0.454 e. The molecule has 154 valence electrons. The first-order chi connectivity index (χ1) is 13.1. The molecule has 0 bridgehead atoms. The number of carbonyl (C=O) groups excluding carboxylic acids is 4. The summed E-state index contributed by atoms with van der Waals surface area (Å²) in [6.07, 6.45) is 0. The molecule has 3 N–H and O–H groups in total. The molecule has 9 heteroatoms. The zero-order valence-corrected chi connectivity index (χ0v) is 16.4. The van der Waals surface area contributed by atoms with Gasteiger partial charge >= 0.3 is 12.0 Å². The van der Waals surface area contributed by atoms with Crippen molar-refractivity contribution >= 4 is 23.8 Å². The fraction of sp³-hybridized carbons (Fsp3) is 0.474. The number of hydrogen-bond donors (Lipinski definition) is 3. The number of imide groups is 1. The van der Waals surface area contributed by atoms with Crippen LogP contribution in [0.2, 0.25) is 0 Å². The van der Waals surface area contributed by atoms with E-state index in [0.717, 1.165) is 12.1 Å². The first kappa shape index (κ1) is 23.1. The SMILES string of the molecule is CC(C)CNC(=O)NC(=O)COC(=O)[C@@H](NC(=O)c1ccc(F)cc1)C(C)C. The van der Waals surface area contributed by atoms with Gasteiger partial charge in [0.2, 0.25) is 0 Å². The fourth-order valence-electron chi connectivity index (χ4n) is 2.05. The maximum absolute atomic E-state index is 13.0. The van der Waals surface area contributed by atoms with E-state index in [1.54, 1.807) is 13.8 Å². The molecule has 0 saturated carbocycles. The van der Waals surface area contributed by atoms with E-state index in [1.165, 1.54) is 12.1 Å². The summed E-state index contributed by atoms with van der Waals surface area (Å²) in [5.41, 5.74) is 0.180. The van der Waals surface area contributed by atoms with Gasteiger partial charge < -0.3 is 15.4 Å². The Hall–Kier alpha value is -2.97. The molecule has 0 aliphatic carbocycles. The summed E-state index contributed by atoms with van der Waals surface area (Å²) < 4.78 is 17.9. The fourth-order valence-corrected chi connectivity index (χ4v) is 2.05. The number of amides is 4. The minimum Gasteiger partial charge on any atom is -0.454 e. The van der Waals surface area contributed by atoms with Gasteiger partial charge in [-0.05, 0) is 36.1 Å². The third-order valence-corrected chi connectivity index (χ3v) is 3.58. The molecule has 0 spiro atoms. The predicted molar refractivity (Wildman–Crippen MR) is 99.8 cm³/mol. The van der Waals surface area contributed by atoms with Crippen molar-refractivity contribution in [1.29, 1.82) is 0 Å². The first-order valence-electron chi connectivity index (χ1n) is 8.91. The summed E-state index contributed by atoms with van der Waals surface area (Å²) in [4.78, 5) is 47.6. The highest BCUT2D eigenvalue weighted by Gasteiger charge is 2.27. The van der Waals surface area contributed by atoms with E-state index < -0.39 is 42.3 Å². The van der Waals surface area contributed by atoms with Crippen LogP contribution in [-0.4, -0.2) is 43.0 Å². The van der Waals surface area contributed by atoms with E-state index in [2.05, 4.69) is 10.6 Å². The zero-order chi connectivity index (χ0) is 21.3. The van der Waals surface area contributed by atoms with Gasteiger partial charge in [-0.15, -0.1) is 0 Å². The second-order valence-corrected chi connectivity index (χ2v) is 6.96. The van der Waals surface area contributed by atoms with E-state index in [4.69, 9.17) is 4.74 Å². The van der Waals surface area contributed by atoms with Gasteiger partial charge in [0.25, 0.3) is 11.8 Å². The number of esters is 1. The van der Waals surface area contributed by atoms with Crippen LogP contribution in [0, 0.1) is 17.7 Å². The van der Waals surface area contributed by atoms with Crippen molar-refractivity contribution < 1.29 is 28.3 Å². The van der Waals surface area contributed by atoms with Crippen molar-refractivity contribution in [2.45, 2.75) is 33.7 Å². The molecule has 0 heterocycles. The number of ether oxygens (including phenoxy) is 1. The molecule has 28 heavy (non-hydrogen) atoms. The maximum atomic E-state index is 13.0. The number of nitrogens with one attached hydrogen (secondary N) is 3. The highest BCUT2D eigenvalue weighted by molar-refractivity contribution is 5.98. The van der Waals surface area contributed by atoms with Crippen LogP contribution in [-0.2, 0) is 14.3 Å². The minimum atomic E-state index is -1.01. The molecule has 0 saturated heterocycles. The lowest BCUT2D eigenvalue weighted by atomic mass is 10.0. The number of urea groups is 1. The molecular formula is C19H26FN3O5. The van der Waals surface area contributed by atoms with Crippen LogP contribution >= 0.6 is 0 Å². The monoisotopic (exact) mass is 395 g/mol. The lowest BCUT2D eigenvalue weighted by Crippen LogP contribution is -2.47. The Labute approximate surface area is 163 Å². The predicted octanol–water partition coefficient (Wildman–Crippen LogP) is 1.61. The van der Waals surface area contributed by atoms with E-state index in [-0.39, 0.29) is 17.4 Å². The van der Waals surface area contributed by atoms with E-state index >= 15 is 0 Å². The molecular weight excluding hydrogens is 369 g/mol. The number of benzene rings is 1. The van der Waals surface area contributed by atoms with Crippen LogP contribution in [0.1, 0.15) is 38.1 Å². The Morgan fingerprint density at radius 3 is 2.18 bits per heavy atom. The van der Waals surface area contributed by atoms with Crippen molar-refractivity contribution in [2.24, 2.45) is 11.8 Å². The van der Waals surface area contributed by atoms with Crippen molar-refractivity contribution in [3.63, 3.8) is 0 Å². The van der Waals surface area contributed by atoms with Crippen LogP contribution in [0.5, 0.6) is 0 Å². The van der Waals surface area contributed by atoms with Crippen LogP contribution in [0.15, 0.2) is 24.3 Å². The summed E-state index contributed by atoms with van der Waals surface area (Å²) in [6.45, 7) is 6.91. The van der Waals surface area contributed by atoms with Gasteiger partial charge in [0.1, 0.15) is 11.9 Å². The van der Waals surface area contributed by atoms with Gasteiger partial charge in [-0.3, -0.25) is 14.9 Å². The van der Waals surface area contributed by atoms with Crippen LogP contribution < -0.4 is 16.0 Å². The quantitative estimate of drug-likeness (QED) is 0.579. The van der Waals surface area contributed by atoms with Crippen molar-refractivity contribution in [1.82, 2.24) is 16.0 Å². The average molecular weight is 395 g/mol. The molecule has 4 amide bonds. The number of rotatable bonds is 8. The molecule has 0 unspecified atom stereocenters. The van der Waals surface area contributed by atoms with Crippen LogP contribution in [0.4, 0.5) is 9.18 Å². The molecule has 1 aromatic carbocycles. The Bertz CT molecular complexity index is 704. The number of carbonyl (C=O) groups is 4. The molecule has 8 nitrogen and oxygen atoms in total. The van der Waals surface area contributed by atoms with Gasteiger partial charge in [0, 0.05) is 12.1 Å². The van der Waals surface area contributed by atoms with Crippen LogP contribution in [0.25, 0.3) is 0 Å². The molecule has 0 aliphatic rings. The van der Waals surface area contributed by atoms with Crippen molar-refractivity contribution in [2.75, 3.05) is 13.2 Å². The topological polar surface area (TPSA) is 114 Å². The summed E-state index contributed by atoms with van der Waals surface area (Å²) in [7, 11) is 0. The summed E-state index contributed by atoms with van der Waals surface area (Å²) in [5.74, 6) is -2.78. The zero-order valence-electron chi connectivity index (χ0n) is 16.4. The maximum Gasteiger partial charge on any atom is 0.329 e. The van der Waals surface area contributed by atoms with Gasteiger partial charge in [0.05, 0.1) is 0 Å². The minimum absolute atomic E-state index is 0.180. The molecule has 1 aromatic rings. The summed E-state index contributed by atoms with van der Waals surface area (Å²) in [5, 5.41) is 7.04. The van der Waals surface area contributed by atoms with E-state index in [0.29, 0.717) is 6.54 Å². The molecule has 1 atom stereocenters. The second kappa shape index (κ2) is 11.0. The highest BCUT2D eigenvalue weighted by Crippen LogP contribution is 2.08.